The van der Waals surface area contributed by atoms with Crippen molar-refractivity contribution >= 4 is 55.9 Å². The Kier molecular flexibility index (Phi) is 5.45. The van der Waals surface area contributed by atoms with Gasteiger partial charge in [0.2, 0.25) is 0 Å². The molecule has 0 bridgehead atoms. The SMILES string of the molecule is Cc1ccc(CN2C(=O)/C(=C3\SC(N4CCOCC4)=NC3=O)c3cc(Br)ccc32)cc1. The van der Waals surface area contributed by atoms with Crippen LogP contribution in [0.4, 0.5) is 5.69 Å². The number of thioether (sulfide) groups is 1. The second-order valence-corrected chi connectivity index (χ2v) is 9.54. The van der Waals surface area contributed by atoms with Crippen LogP contribution in [0.3, 0.4) is 0 Å². The van der Waals surface area contributed by atoms with Crippen LogP contribution in [0.2, 0.25) is 0 Å². The fourth-order valence-corrected chi connectivity index (χ4v) is 5.32. The highest BCUT2D eigenvalue weighted by Gasteiger charge is 2.39. The first kappa shape index (κ1) is 20.5. The molecule has 0 N–H and O–H groups in total. The first-order valence-electron chi connectivity index (χ1n) is 10.1. The molecule has 2 aromatic rings. The van der Waals surface area contributed by atoms with Crippen LogP contribution >= 0.6 is 27.7 Å². The van der Waals surface area contributed by atoms with E-state index < -0.39 is 0 Å². The minimum absolute atomic E-state index is 0.164. The topological polar surface area (TPSA) is 62.2 Å². The number of carbonyl (C=O) groups is 2. The molecule has 2 amide bonds. The second kappa shape index (κ2) is 8.26. The summed E-state index contributed by atoms with van der Waals surface area (Å²) in [5.41, 5.74) is 4.22. The minimum Gasteiger partial charge on any atom is -0.378 e. The predicted octanol–water partition coefficient (Wildman–Crippen LogP) is 3.98. The van der Waals surface area contributed by atoms with Crippen molar-refractivity contribution in [3.63, 3.8) is 0 Å². The van der Waals surface area contributed by atoms with Gasteiger partial charge in [-0.3, -0.25) is 9.59 Å². The van der Waals surface area contributed by atoms with Gasteiger partial charge in [-0.1, -0.05) is 45.8 Å². The molecule has 3 heterocycles. The zero-order valence-electron chi connectivity index (χ0n) is 16.9. The van der Waals surface area contributed by atoms with Crippen LogP contribution in [0.15, 0.2) is 56.8 Å². The number of hydrogen-bond acceptors (Lipinski definition) is 5. The second-order valence-electron chi connectivity index (χ2n) is 7.64. The van der Waals surface area contributed by atoms with Gasteiger partial charge in [0, 0.05) is 23.1 Å². The average Bonchev–Trinajstić information content (AvgIpc) is 3.27. The fraction of sp³-hybridized carbons (Fsp3) is 0.261. The number of amidine groups is 1. The molecule has 0 radical (unpaired) electrons. The summed E-state index contributed by atoms with van der Waals surface area (Å²) >= 11 is 4.80. The van der Waals surface area contributed by atoms with Crippen LogP contribution in [0.1, 0.15) is 16.7 Å². The van der Waals surface area contributed by atoms with Gasteiger partial charge in [0.05, 0.1) is 35.9 Å². The summed E-state index contributed by atoms with van der Waals surface area (Å²) in [6.45, 7) is 5.09. The number of morpholine rings is 1. The van der Waals surface area contributed by atoms with Crippen molar-refractivity contribution < 1.29 is 14.3 Å². The number of anilines is 1. The maximum absolute atomic E-state index is 13.6. The molecule has 3 aliphatic heterocycles. The highest BCUT2D eigenvalue weighted by atomic mass is 79.9. The number of fused-ring (bicyclic) bond motifs is 1. The summed E-state index contributed by atoms with van der Waals surface area (Å²) in [6, 6.07) is 13.9. The molecule has 158 valence electrons. The molecule has 0 aromatic heterocycles. The summed E-state index contributed by atoms with van der Waals surface area (Å²) in [5, 5.41) is 0.650. The van der Waals surface area contributed by atoms with E-state index >= 15 is 0 Å². The molecule has 0 aliphatic carbocycles. The largest absolute Gasteiger partial charge is 0.378 e. The van der Waals surface area contributed by atoms with E-state index in [1.165, 1.54) is 17.3 Å². The van der Waals surface area contributed by atoms with Crippen molar-refractivity contribution in [2.24, 2.45) is 4.99 Å². The lowest BCUT2D eigenvalue weighted by Crippen LogP contribution is -2.38. The third-order valence-electron chi connectivity index (χ3n) is 5.53. The first-order chi connectivity index (χ1) is 15.0. The lowest BCUT2D eigenvalue weighted by molar-refractivity contribution is -0.115. The van der Waals surface area contributed by atoms with Gasteiger partial charge in [-0.2, -0.15) is 4.99 Å². The third kappa shape index (κ3) is 3.84. The molecular formula is C23H20BrN3O3S. The summed E-state index contributed by atoms with van der Waals surface area (Å²) < 4.78 is 6.26. The smallest absolute Gasteiger partial charge is 0.287 e. The number of aryl methyl sites for hydroxylation is 1. The molecule has 0 spiro atoms. The average molecular weight is 498 g/mol. The van der Waals surface area contributed by atoms with E-state index in [2.05, 4.69) is 20.9 Å². The Bertz CT molecular complexity index is 1140. The number of rotatable bonds is 2. The predicted molar refractivity (Wildman–Crippen MR) is 126 cm³/mol. The van der Waals surface area contributed by atoms with Gasteiger partial charge in [0.25, 0.3) is 11.8 Å². The van der Waals surface area contributed by atoms with Crippen molar-refractivity contribution in [2.75, 3.05) is 31.2 Å². The van der Waals surface area contributed by atoms with Gasteiger partial charge in [-0.05, 0) is 42.4 Å². The van der Waals surface area contributed by atoms with Crippen molar-refractivity contribution in [2.45, 2.75) is 13.5 Å². The Morgan fingerprint density at radius 2 is 1.84 bits per heavy atom. The van der Waals surface area contributed by atoms with E-state index in [9.17, 15) is 9.59 Å². The molecule has 6 nitrogen and oxygen atoms in total. The fourth-order valence-electron chi connectivity index (χ4n) is 3.90. The standard InChI is InChI=1S/C23H20BrN3O3S/c1-14-2-4-15(5-3-14)13-27-18-7-6-16(24)12-17(18)19(22(27)29)20-21(28)25-23(31-20)26-8-10-30-11-9-26/h2-7,12H,8-11,13H2,1H3/b20-19-. The van der Waals surface area contributed by atoms with Gasteiger partial charge in [-0.25, -0.2) is 0 Å². The molecule has 1 fully saturated rings. The van der Waals surface area contributed by atoms with Gasteiger partial charge in [-0.15, -0.1) is 0 Å². The van der Waals surface area contributed by atoms with Crippen molar-refractivity contribution in [1.29, 1.82) is 0 Å². The van der Waals surface area contributed by atoms with Crippen LogP contribution in [0.5, 0.6) is 0 Å². The summed E-state index contributed by atoms with van der Waals surface area (Å²) in [6.07, 6.45) is 0. The van der Waals surface area contributed by atoms with E-state index in [0.717, 1.165) is 21.3 Å². The number of halogens is 1. The highest BCUT2D eigenvalue weighted by molar-refractivity contribution is 9.10. The molecule has 2 aromatic carbocycles. The summed E-state index contributed by atoms with van der Waals surface area (Å²) in [5.74, 6) is -0.513. The number of hydrogen-bond donors (Lipinski definition) is 0. The molecule has 0 saturated carbocycles. The van der Waals surface area contributed by atoms with Gasteiger partial charge >= 0.3 is 0 Å². The Hall–Kier alpha value is -2.42. The Morgan fingerprint density at radius 1 is 1.10 bits per heavy atom. The Balaban J connectivity index is 1.52. The van der Waals surface area contributed by atoms with Crippen LogP contribution in [-0.2, 0) is 20.9 Å². The van der Waals surface area contributed by atoms with Crippen LogP contribution in [-0.4, -0.2) is 48.2 Å². The maximum atomic E-state index is 13.6. The summed E-state index contributed by atoms with van der Waals surface area (Å²) in [7, 11) is 0. The van der Waals surface area contributed by atoms with E-state index in [-0.39, 0.29) is 11.8 Å². The Labute approximate surface area is 193 Å². The number of nitrogens with zero attached hydrogens (tertiary/aromatic N) is 3. The zero-order valence-corrected chi connectivity index (χ0v) is 19.3. The normalized spacial score (nSPS) is 21.0. The van der Waals surface area contributed by atoms with Crippen molar-refractivity contribution in [3.8, 4) is 0 Å². The molecule has 8 heteroatoms. The van der Waals surface area contributed by atoms with E-state index in [1.807, 2.05) is 54.3 Å². The minimum atomic E-state index is -0.349. The van der Waals surface area contributed by atoms with E-state index in [0.29, 0.717) is 48.5 Å². The molecule has 31 heavy (non-hydrogen) atoms. The van der Waals surface area contributed by atoms with Crippen LogP contribution in [0, 0.1) is 6.92 Å². The quantitative estimate of drug-likeness (QED) is 0.587. The monoisotopic (exact) mass is 497 g/mol. The molecule has 0 unspecified atom stereocenters. The number of benzene rings is 2. The van der Waals surface area contributed by atoms with E-state index in [4.69, 9.17) is 4.74 Å². The van der Waals surface area contributed by atoms with Crippen LogP contribution < -0.4 is 4.90 Å². The van der Waals surface area contributed by atoms with Gasteiger partial charge in [0.1, 0.15) is 0 Å². The zero-order chi connectivity index (χ0) is 21.5. The van der Waals surface area contributed by atoms with Crippen LogP contribution in [0.25, 0.3) is 5.57 Å². The lowest BCUT2D eigenvalue weighted by atomic mass is 10.1. The van der Waals surface area contributed by atoms with Crippen molar-refractivity contribution in [1.82, 2.24) is 4.90 Å². The molecule has 3 aliphatic rings. The molecule has 1 saturated heterocycles. The number of carbonyl (C=O) groups excluding carboxylic acids is 2. The molecule has 5 rings (SSSR count). The first-order valence-corrected chi connectivity index (χ1v) is 11.7. The third-order valence-corrected chi connectivity index (χ3v) is 7.14. The number of ether oxygens (including phenoxy) is 1. The molecular weight excluding hydrogens is 478 g/mol. The van der Waals surface area contributed by atoms with Gasteiger partial charge < -0.3 is 14.5 Å². The maximum Gasteiger partial charge on any atom is 0.287 e. The van der Waals surface area contributed by atoms with Gasteiger partial charge in [0.15, 0.2) is 5.17 Å². The van der Waals surface area contributed by atoms with Crippen molar-refractivity contribution in [3.05, 3.63) is 68.5 Å². The summed E-state index contributed by atoms with van der Waals surface area (Å²) in [4.78, 5) is 34.9. The Morgan fingerprint density at radius 3 is 2.58 bits per heavy atom. The highest BCUT2D eigenvalue weighted by Crippen LogP contribution is 2.45. The number of aliphatic imine (C=N–C) groups is 1. The lowest BCUT2D eigenvalue weighted by Gasteiger charge is -2.27. The van der Waals surface area contributed by atoms with E-state index in [1.54, 1.807) is 4.90 Å². The molecule has 0 atom stereocenters. The number of amides is 2.